The first-order valence-electron chi connectivity index (χ1n) is 3.66. The first-order chi connectivity index (χ1) is 5.58. The number of hydrogen-bond donors (Lipinski definition) is 0. The molecular formula is C7H10Cl3F3. The molecule has 0 fully saturated rings. The molecule has 80 valence electrons. The lowest BCUT2D eigenvalue weighted by molar-refractivity contribution is -0.143. The zero-order valence-corrected chi connectivity index (χ0v) is 9.40. The fraction of sp³-hybridized carbons (Fsp3) is 1.00. The van der Waals surface area contributed by atoms with E-state index in [1.807, 2.05) is 0 Å². The summed E-state index contributed by atoms with van der Waals surface area (Å²) in [5, 5.41) is -0.684. The Morgan fingerprint density at radius 2 is 1.54 bits per heavy atom. The second kappa shape index (κ2) is 4.45. The Labute approximate surface area is 90.3 Å². The average molecular weight is 258 g/mol. The summed E-state index contributed by atoms with van der Waals surface area (Å²) in [4.78, 5) is 0. The summed E-state index contributed by atoms with van der Waals surface area (Å²) in [7, 11) is 0. The molecule has 1 atom stereocenters. The number of hydrogen-bond acceptors (Lipinski definition) is 0. The standard InChI is InChI=1S/C7H10Cl3F3/c1-4(2)5(8)3-6(9,10)7(11,12)13/h4-5H,3H2,1-2H3. The van der Waals surface area contributed by atoms with Gasteiger partial charge in [0.15, 0.2) is 0 Å². The van der Waals surface area contributed by atoms with Gasteiger partial charge in [0.05, 0.1) is 0 Å². The van der Waals surface area contributed by atoms with E-state index in [1.165, 1.54) is 0 Å². The fourth-order valence-electron chi connectivity index (χ4n) is 0.596. The summed E-state index contributed by atoms with van der Waals surface area (Å²) < 4.78 is 33.7. The molecule has 13 heavy (non-hydrogen) atoms. The zero-order valence-electron chi connectivity index (χ0n) is 7.13. The van der Waals surface area contributed by atoms with E-state index in [4.69, 9.17) is 34.8 Å². The normalized spacial score (nSPS) is 16.4. The Bertz CT molecular complexity index is 165. The first-order valence-corrected chi connectivity index (χ1v) is 4.86. The number of halogens is 6. The van der Waals surface area contributed by atoms with Gasteiger partial charge in [-0.3, -0.25) is 0 Å². The lowest BCUT2D eigenvalue weighted by Gasteiger charge is -2.26. The topological polar surface area (TPSA) is 0 Å². The van der Waals surface area contributed by atoms with Gasteiger partial charge in [0, 0.05) is 11.8 Å². The molecule has 0 saturated carbocycles. The lowest BCUT2D eigenvalue weighted by atomic mass is 10.1. The molecule has 0 radical (unpaired) electrons. The molecule has 0 saturated heterocycles. The van der Waals surface area contributed by atoms with Gasteiger partial charge in [0.2, 0.25) is 4.33 Å². The van der Waals surface area contributed by atoms with Crippen LogP contribution in [-0.2, 0) is 0 Å². The van der Waals surface area contributed by atoms with Gasteiger partial charge in [-0.05, 0) is 5.92 Å². The van der Waals surface area contributed by atoms with Crippen LogP contribution < -0.4 is 0 Å². The van der Waals surface area contributed by atoms with E-state index in [1.54, 1.807) is 13.8 Å². The van der Waals surface area contributed by atoms with Gasteiger partial charge < -0.3 is 0 Å². The molecule has 0 aromatic rings. The third-order valence-electron chi connectivity index (χ3n) is 1.59. The van der Waals surface area contributed by atoms with E-state index in [-0.39, 0.29) is 5.92 Å². The highest BCUT2D eigenvalue weighted by Gasteiger charge is 2.53. The minimum absolute atomic E-state index is 0.0964. The third-order valence-corrected chi connectivity index (χ3v) is 2.98. The second-order valence-electron chi connectivity index (χ2n) is 3.17. The Hall–Kier alpha value is 0.660. The summed E-state index contributed by atoms with van der Waals surface area (Å²) in [6.07, 6.45) is -5.14. The minimum Gasteiger partial charge on any atom is -0.168 e. The highest BCUT2D eigenvalue weighted by atomic mass is 35.5. The molecule has 0 aliphatic carbocycles. The van der Waals surface area contributed by atoms with Crippen LogP contribution in [0.15, 0.2) is 0 Å². The summed E-state index contributed by atoms with van der Waals surface area (Å²) in [6.45, 7) is 3.41. The van der Waals surface area contributed by atoms with E-state index in [0.29, 0.717) is 0 Å². The molecule has 0 nitrogen and oxygen atoms in total. The maximum absolute atomic E-state index is 12.1. The predicted molar refractivity (Wildman–Crippen MR) is 49.6 cm³/mol. The molecule has 0 rings (SSSR count). The maximum atomic E-state index is 12.1. The van der Waals surface area contributed by atoms with Gasteiger partial charge in [-0.1, -0.05) is 37.0 Å². The van der Waals surface area contributed by atoms with E-state index in [9.17, 15) is 13.2 Å². The van der Waals surface area contributed by atoms with Crippen LogP contribution in [0.5, 0.6) is 0 Å². The molecule has 0 aromatic heterocycles. The summed E-state index contributed by atoms with van der Waals surface area (Å²) in [5.41, 5.74) is 0. The van der Waals surface area contributed by atoms with Gasteiger partial charge in [0.1, 0.15) is 0 Å². The SMILES string of the molecule is CC(C)C(Cl)CC(Cl)(Cl)C(F)(F)F. The van der Waals surface area contributed by atoms with Crippen molar-refractivity contribution in [2.45, 2.75) is 36.2 Å². The third kappa shape index (κ3) is 4.13. The number of alkyl halides is 6. The van der Waals surface area contributed by atoms with E-state index in [0.717, 1.165) is 0 Å². The van der Waals surface area contributed by atoms with E-state index < -0.39 is 22.3 Å². The van der Waals surface area contributed by atoms with Crippen molar-refractivity contribution < 1.29 is 13.2 Å². The molecule has 0 amide bonds. The molecule has 0 spiro atoms. The highest BCUT2D eigenvalue weighted by molar-refractivity contribution is 6.49. The van der Waals surface area contributed by atoms with Crippen molar-refractivity contribution in [3.8, 4) is 0 Å². The van der Waals surface area contributed by atoms with Crippen LogP contribution in [0.2, 0.25) is 0 Å². The Kier molecular flexibility index (Phi) is 4.68. The Balaban J connectivity index is 4.34. The van der Waals surface area contributed by atoms with Crippen molar-refractivity contribution in [3.05, 3.63) is 0 Å². The van der Waals surface area contributed by atoms with Crippen LogP contribution in [0.25, 0.3) is 0 Å². The molecule has 0 N–H and O–H groups in total. The molecule has 0 aliphatic heterocycles. The van der Waals surface area contributed by atoms with Crippen molar-refractivity contribution in [3.63, 3.8) is 0 Å². The quantitative estimate of drug-likeness (QED) is 0.658. The smallest absolute Gasteiger partial charge is 0.168 e. The van der Waals surface area contributed by atoms with Crippen molar-refractivity contribution >= 4 is 34.8 Å². The maximum Gasteiger partial charge on any atom is 0.421 e. The average Bonchev–Trinajstić information content (AvgIpc) is 1.83. The largest absolute Gasteiger partial charge is 0.421 e. The molecule has 0 aliphatic rings. The van der Waals surface area contributed by atoms with Crippen LogP contribution in [0.1, 0.15) is 20.3 Å². The lowest BCUT2D eigenvalue weighted by Crippen LogP contribution is -2.37. The van der Waals surface area contributed by atoms with Crippen molar-refractivity contribution in [2.75, 3.05) is 0 Å². The Morgan fingerprint density at radius 3 is 1.77 bits per heavy atom. The van der Waals surface area contributed by atoms with Crippen LogP contribution >= 0.6 is 34.8 Å². The zero-order chi connectivity index (χ0) is 10.9. The molecule has 1 unspecified atom stereocenters. The summed E-state index contributed by atoms with van der Waals surface area (Å²) in [6, 6.07) is 0. The monoisotopic (exact) mass is 256 g/mol. The Morgan fingerprint density at radius 1 is 1.15 bits per heavy atom. The van der Waals surface area contributed by atoms with Crippen LogP contribution in [-0.4, -0.2) is 15.9 Å². The van der Waals surface area contributed by atoms with Gasteiger partial charge in [-0.2, -0.15) is 13.2 Å². The molecular weight excluding hydrogens is 247 g/mol. The molecule has 0 heterocycles. The summed E-state index contributed by atoms with van der Waals surface area (Å²) >= 11 is 15.9. The van der Waals surface area contributed by atoms with E-state index in [2.05, 4.69) is 0 Å². The molecule has 0 aromatic carbocycles. The van der Waals surface area contributed by atoms with Gasteiger partial charge >= 0.3 is 6.18 Å². The fourth-order valence-corrected chi connectivity index (χ4v) is 1.32. The van der Waals surface area contributed by atoms with Crippen LogP contribution in [0, 0.1) is 5.92 Å². The van der Waals surface area contributed by atoms with Crippen LogP contribution in [0.3, 0.4) is 0 Å². The van der Waals surface area contributed by atoms with Crippen LogP contribution in [0.4, 0.5) is 13.2 Å². The van der Waals surface area contributed by atoms with Crippen molar-refractivity contribution in [1.29, 1.82) is 0 Å². The molecule has 0 bridgehead atoms. The van der Waals surface area contributed by atoms with Crippen molar-refractivity contribution in [1.82, 2.24) is 0 Å². The minimum atomic E-state index is -4.64. The first kappa shape index (κ1) is 13.7. The van der Waals surface area contributed by atoms with Gasteiger partial charge in [-0.15, -0.1) is 11.6 Å². The van der Waals surface area contributed by atoms with Gasteiger partial charge in [-0.25, -0.2) is 0 Å². The van der Waals surface area contributed by atoms with Crippen molar-refractivity contribution in [2.24, 2.45) is 5.92 Å². The number of rotatable bonds is 3. The molecule has 6 heteroatoms. The van der Waals surface area contributed by atoms with Gasteiger partial charge in [0.25, 0.3) is 0 Å². The second-order valence-corrected chi connectivity index (χ2v) is 5.21. The van der Waals surface area contributed by atoms with E-state index >= 15 is 0 Å². The summed E-state index contributed by atoms with van der Waals surface area (Å²) in [5.74, 6) is -0.0964. The highest BCUT2D eigenvalue weighted by Crippen LogP contribution is 2.44. The predicted octanol–water partition coefficient (Wildman–Crippen LogP) is 4.38.